The minimum absolute atomic E-state index is 0.0470. The number of aromatic nitrogens is 1. The zero-order chi connectivity index (χ0) is 22.2. The molecule has 1 aromatic heterocycles. The van der Waals surface area contributed by atoms with Crippen LogP contribution < -0.4 is 10.6 Å². The van der Waals surface area contributed by atoms with Crippen molar-refractivity contribution in [1.82, 2.24) is 15.2 Å². The number of rotatable bonds is 8. The minimum atomic E-state index is -0.376. The Morgan fingerprint density at radius 1 is 1.06 bits per heavy atom. The number of amides is 3. The summed E-state index contributed by atoms with van der Waals surface area (Å²) in [5, 5.41) is 8.65. The quantitative estimate of drug-likeness (QED) is 0.459. The molecular formula is C22H22Cl2N4O2S. The van der Waals surface area contributed by atoms with Gasteiger partial charge in [0.15, 0.2) is 5.13 Å². The first-order valence-corrected chi connectivity index (χ1v) is 11.3. The molecule has 31 heavy (non-hydrogen) atoms. The highest BCUT2D eigenvalue weighted by Crippen LogP contribution is 2.22. The van der Waals surface area contributed by atoms with Crippen molar-refractivity contribution in [3.8, 4) is 0 Å². The highest BCUT2D eigenvalue weighted by molar-refractivity contribution is 7.13. The molecule has 6 nitrogen and oxygen atoms in total. The van der Waals surface area contributed by atoms with Gasteiger partial charge in [-0.1, -0.05) is 59.6 Å². The van der Waals surface area contributed by atoms with Crippen LogP contribution in [-0.4, -0.2) is 28.9 Å². The molecule has 162 valence electrons. The third-order valence-corrected chi connectivity index (χ3v) is 6.05. The van der Waals surface area contributed by atoms with Gasteiger partial charge in [0.05, 0.1) is 22.3 Å². The molecule has 3 amide bonds. The Hall–Kier alpha value is -2.61. The van der Waals surface area contributed by atoms with E-state index >= 15 is 0 Å². The van der Waals surface area contributed by atoms with Crippen molar-refractivity contribution in [2.75, 3.05) is 12.4 Å². The van der Waals surface area contributed by atoms with Gasteiger partial charge in [0.1, 0.15) is 0 Å². The number of thiazole rings is 1. The van der Waals surface area contributed by atoms with Crippen molar-refractivity contribution in [1.29, 1.82) is 0 Å². The van der Waals surface area contributed by atoms with Crippen LogP contribution in [0.3, 0.4) is 0 Å². The molecule has 0 saturated carbocycles. The van der Waals surface area contributed by atoms with Crippen LogP contribution in [0, 0.1) is 0 Å². The average Bonchev–Trinajstić information content (AvgIpc) is 3.20. The fraction of sp³-hybridized carbons (Fsp3) is 0.227. The molecule has 0 aliphatic rings. The van der Waals surface area contributed by atoms with Crippen LogP contribution in [0.4, 0.5) is 9.93 Å². The van der Waals surface area contributed by atoms with Crippen LogP contribution in [0.1, 0.15) is 23.2 Å². The van der Waals surface area contributed by atoms with Crippen molar-refractivity contribution in [2.45, 2.75) is 25.9 Å². The summed E-state index contributed by atoms with van der Waals surface area (Å²) in [5.41, 5.74) is 2.69. The molecule has 0 fully saturated rings. The molecule has 2 aromatic carbocycles. The smallest absolute Gasteiger partial charge is 0.321 e. The third kappa shape index (κ3) is 7.24. The van der Waals surface area contributed by atoms with Crippen molar-refractivity contribution in [3.63, 3.8) is 0 Å². The second kappa shape index (κ2) is 11.1. The number of benzene rings is 2. The molecular weight excluding hydrogens is 455 g/mol. The van der Waals surface area contributed by atoms with E-state index in [1.807, 2.05) is 35.7 Å². The van der Waals surface area contributed by atoms with Crippen LogP contribution >= 0.6 is 34.5 Å². The van der Waals surface area contributed by atoms with Crippen molar-refractivity contribution in [3.05, 3.63) is 80.8 Å². The molecule has 1 heterocycles. The molecule has 0 aliphatic carbocycles. The summed E-state index contributed by atoms with van der Waals surface area (Å²) in [6.45, 7) is 0.691. The fourth-order valence-corrected chi connectivity index (χ4v) is 3.85. The van der Waals surface area contributed by atoms with E-state index < -0.39 is 0 Å². The lowest BCUT2D eigenvalue weighted by atomic mass is 10.1. The molecule has 2 N–H and O–H groups in total. The van der Waals surface area contributed by atoms with Crippen molar-refractivity contribution in [2.24, 2.45) is 0 Å². The highest BCUT2D eigenvalue weighted by atomic mass is 35.5. The number of hydrogen-bond donors (Lipinski definition) is 2. The second-order valence-electron chi connectivity index (χ2n) is 6.94. The van der Waals surface area contributed by atoms with Gasteiger partial charge in [0, 0.05) is 25.4 Å². The van der Waals surface area contributed by atoms with Gasteiger partial charge < -0.3 is 10.2 Å². The number of anilines is 1. The first-order chi connectivity index (χ1) is 14.9. The Morgan fingerprint density at radius 3 is 2.58 bits per heavy atom. The number of nitrogens with zero attached hydrogens (tertiary/aromatic N) is 2. The largest absolute Gasteiger partial charge is 0.340 e. The van der Waals surface area contributed by atoms with Crippen molar-refractivity contribution >= 4 is 51.6 Å². The SMILES string of the molecule is CN(Cc1csc(NC(=O)NCc2ccc(Cl)c(Cl)c2)n1)C(=O)CCc1ccccc1. The van der Waals surface area contributed by atoms with Gasteiger partial charge in [-0.25, -0.2) is 9.78 Å². The summed E-state index contributed by atoms with van der Waals surface area (Å²) >= 11 is 13.2. The van der Waals surface area contributed by atoms with Gasteiger partial charge in [-0.3, -0.25) is 10.1 Å². The summed E-state index contributed by atoms with van der Waals surface area (Å²) in [5.74, 6) is 0.0470. The Morgan fingerprint density at radius 2 is 1.84 bits per heavy atom. The third-order valence-electron chi connectivity index (χ3n) is 4.50. The topological polar surface area (TPSA) is 74.3 Å². The van der Waals surface area contributed by atoms with E-state index in [-0.39, 0.29) is 11.9 Å². The van der Waals surface area contributed by atoms with Gasteiger partial charge >= 0.3 is 6.03 Å². The highest BCUT2D eigenvalue weighted by Gasteiger charge is 2.13. The molecule has 3 aromatic rings. The summed E-state index contributed by atoms with van der Waals surface area (Å²) in [7, 11) is 1.75. The Balaban J connectivity index is 1.44. The molecule has 0 spiro atoms. The maximum absolute atomic E-state index is 12.4. The lowest BCUT2D eigenvalue weighted by molar-refractivity contribution is -0.130. The van der Waals surface area contributed by atoms with Crippen LogP contribution in [0.2, 0.25) is 10.0 Å². The Kier molecular flexibility index (Phi) is 8.28. The molecule has 0 aliphatic heterocycles. The normalized spacial score (nSPS) is 10.5. The average molecular weight is 477 g/mol. The van der Waals surface area contributed by atoms with E-state index in [0.29, 0.717) is 41.1 Å². The van der Waals surface area contributed by atoms with Gasteiger partial charge in [-0.2, -0.15) is 0 Å². The molecule has 0 radical (unpaired) electrons. The first-order valence-electron chi connectivity index (χ1n) is 9.62. The Bertz CT molecular complexity index is 1040. The zero-order valence-electron chi connectivity index (χ0n) is 16.9. The summed E-state index contributed by atoms with van der Waals surface area (Å²) in [4.78, 5) is 30.5. The standard InChI is InChI=1S/C22H22Cl2N4O2S/c1-28(20(29)10-8-15-5-3-2-4-6-15)13-17-14-31-22(26-17)27-21(30)25-12-16-7-9-18(23)19(24)11-16/h2-7,9,11,14H,8,10,12-13H2,1H3,(H2,25,26,27,30). The van der Waals surface area contributed by atoms with Crippen LogP contribution in [-0.2, 0) is 24.3 Å². The molecule has 0 bridgehead atoms. The number of carbonyl (C=O) groups is 2. The second-order valence-corrected chi connectivity index (χ2v) is 8.61. The molecule has 0 atom stereocenters. The summed E-state index contributed by atoms with van der Waals surface area (Å²) < 4.78 is 0. The van der Waals surface area contributed by atoms with Gasteiger partial charge in [-0.15, -0.1) is 11.3 Å². The number of nitrogens with one attached hydrogen (secondary N) is 2. The monoisotopic (exact) mass is 476 g/mol. The zero-order valence-corrected chi connectivity index (χ0v) is 19.2. The predicted octanol–water partition coefficient (Wildman–Crippen LogP) is 5.36. The molecule has 0 unspecified atom stereocenters. The van der Waals surface area contributed by atoms with Gasteiger partial charge in [0.25, 0.3) is 0 Å². The van der Waals surface area contributed by atoms with Crippen molar-refractivity contribution < 1.29 is 9.59 Å². The van der Waals surface area contributed by atoms with E-state index in [4.69, 9.17) is 23.2 Å². The van der Waals surface area contributed by atoms with Crippen LogP contribution in [0.15, 0.2) is 53.9 Å². The van der Waals surface area contributed by atoms with Crippen LogP contribution in [0.25, 0.3) is 0 Å². The number of carbonyl (C=O) groups excluding carboxylic acids is 2. The fourth-order valence-electron chi connectivity index (χ4n) is 2.83. The summed E-state index contributed by atoms with van der Waals surface area (Å²) in [6.07, 6.45) is 1.14. The maximum Gasteiger partial charge on any atom is 0.321 e. The van der Waals surface area contributed by atoms with E-state index in [1.165, 1.54) is 11.3 Å². The van der Waals surface area contributed by atoms with Gasteiger partial charge in [0.2, 0.25) is 5.91 Å². The minimum Gasteiger partial charge on any atom is -0.340 e. The van der Waals surface area contributed by atoms with E-state index in [2.05, 4.69) is 15.6 Å². The number of hydrogen-bond acceptors (Lipinski definition) is 4. The van der Waals surface area contributed by atoms with E-state index in [0.717, 1.165) is 16.8 Å². The van der Waals surface area contributed by atoms with E-state index in [9.17, 15) is 9.59 Å². The Labute approximate surface area is 195 Å². The first kappa shape index (κ1) is 23.1. The number of urea groups is 1. The predicted molar refractivity (Wildman–Crippen MR) is 126 cm³/mol. The van der Waals surface area contributed by atoms with E-state index in [1.54, 1.807) is 30.1 Å². The maximum atomic E-state index is 12.4. The lowest BCUT2D eigenvalue weighted by Crippen LogP contribution is -2.28. The van der Waals surface area contributed by atoms with Crippen LogP contribution in [0.5, 0.6) is 0 Å². The summed E-state index contributed by atoms with van der Waals surface area (Å²) in [6, 6.07) is 14.7. The molecule has 9 heteroatoms. The molecule has 3 rings (SSSR count). The molecule has 0 saturated heterocycles. The number of aryl methyl sites for hydroxylation is 1. The number of halogens is 2. The lowest BCUT2D eigenvalue weighted by Gasteiger charge is -2.15. The van der Waals surface area contributed by atoms with Gasteiger partial charge in [-0.05, 0) is 29.7 Å².